The first kappa shape index (κ1) is 16.0. The quantitative estimate of drug-likeness (QED) is 0.850. The number of hydrogen-bond donors (Lipinski definition) is 1. The van der Waals surface area contributed by atoms with Crippen LogP contribution in [0.15, 0.2) is 42.5 Å². The summed E-state index contributed by atoms with van der Waals surface area (Å²) < 4.78 is 37.9. The van der Waals surface area contributed by atoms with Crippen LogP contribution in [0.2, 0.25) is 0 Å². The van der Waals surface area contributed by atoms with Crippen molar-refractivity contribution in [1.29, 1.82) is 0 Å². The maximum Gasteiger partial charge on any atom is 0.416 e. The second-order valence-electron chi connectivity index (χ2n) is 5.16. The number of benzene rings is 1. The molecule has 0 unspecified atom stereocenters. The minimum Gasteiger partial charge on any atom is -0.391 e. The van der Waals surface area contributed by atoms with Crippen LogP contribution >= 0.6 is 11.3 Å². The fourth-order valence-electron chi connectivity index (χ4n) is 2.40. The standard InChI is InChI=1S/C17H14F3NOS/c18-17(19,20)13-8-6-12(7-9-13)16-21-15(14(10-22)23-16)11-4-2-1-3-5-11/h2,4-9,22H,1,3,10H2. The smallest absolute Gasteiger partial charge is 0.391 e. The van der Waals surface area contributed by atoms with Crippen molar-refractivity contribution < 1.29 is 18.3 Å². The minimum absolute atomic E-state index is 0.140. The van der Waals surface area contributed by atoms with Crippen molar-refractivity contribution in [3.63, 3.8) is 0 Å². The predicted octanol–water partition coefficient (Wildman–Crippen LogP) is 5.05. The van der Waals surface area contributed by atoms with Gasteiger partial charge in [0.05, 0.1) is 22.7 Å². The molecule has 1 aromatic heterocycles. The highest BCUT2D eigenvalue weighted by Crippen LogP contribution is 2.35. The molecule has 1 aromatic carbocycles. The van der Waals surface area contributed by atoms with E-state index in [9.17, 15) is 18.3 Å². The van der Waals surface area contributed by atoms with E-state index in [-0.39, 0.29) is 6.61 Å². The van der Waals surface area contributed by atoms with E-state index in [4.69, 9.17) is 0 Å². The van der Waals surface area contributed by atoms with Gasteiger partial charge in [0.1, 0.15) is 5.01 Å². The van der Waals surface area contributed by atoms with E-state index in [0.717, 1.165) is 35.4 Å². The molecule has 0 amide bonds. The van der Waals surface area contributed by atoms with Gasteiger partial charge in [0, 0.05) is 5.56 Å². The van der Waals surface area contributed by atoms with Crippen LogP contribution in [0.25, 0.3) is 16.1 Å². The van der Waals surface area contributed by atoms with Crippen molar-refractivity contribution in [2.24, 2.45) is 0 Å². The molecule has 0 fully saturated rings. The number of hydrogen-bond acceptors (Lipinski definition) is 3. The molecule has 2 aromatic rings. The summed E-state index contributed by atoms with van der Waals surface area (Å²) >= 11 is 1.30. The Bertz CT molecular complexity index is 757. The molecule has 6 heteroatoms. The van der Waals surface area contributed by atoms with Crippen molar-refractivity contribution in [2.75, 3.05) is 0 Å². The van der Waals surface area contributed by atoms with Crippen LogP contribution in [0, 0.1) is 0 Å². The van der Waals surface area contributed by atoms with Crippen LogP contribution in [0.5, 0.6) is 0 Å². The van der Waals surface area contributed by atoms with Gasteiger partial charge < -0.3 is 5.11 Å². The molecule has 0 spiro atoms. The highest BCUT2D eigenvalue weighted by atomic mass is 32.1. The molecule has 23 heavy (non-hydrogen) atoms. The molecule has 120 valence electrons. The fraction of sp³-hybridized carbons (Fsp3) is 0.235. The van der Waals surface area contributed by atoms with Gasteiger partial charge in [-0.3, -0.25) is 0 Å². The Balaban J connectivity index is 1.96. The zero-order valence-electron chi connectivity index (χ0n) is 12.1. The fourth-order valence-corrected chi connectivity index (χ4v) is 3.35. The van der Waals surface area contributed by atoms with Gasteiger partial charge in [-0.05, 0) is 30.5 Å². The third-order valence-electron chi connectivity index (χ3n) is 3.57. The van der Waals surface area contributed by atoms with Crippen LogP contribution in [0.4, 0.5) is 13.2 Å². The molecule has 1 N–H and O–H groups in total. The molecule has 0 atom stereocenters. The molecule has 0 aliphatic heterocycles. The summed E-state index contributed by atoms with van der Waals surface area (Å²) in [5, 5.41) is 10.1. The van der Waals surface area contributed by atoms with E-state index in [1.165, 1.54) is 23.5 Å². The maximum atomic E-state index is 12.6. The van der Waals surface area contributed by atoms with Crippen LogP contribution in [0.3, 0.4) is 0 Å². The van der Waals surface area contributed by atoms with Crippen molar-refractivity contribution in [2.45, 2.75) is 25.6 Å². The number of allylic oxidation sites excluding steroid dienone is 4. The van der Waals surface area contributed by atoms with E-state index in [2.05, 4.69) is 11.1 Å². The van der Waals surface area contributed by atoms with Gasteiger partial charge in [0.25, 0.3) is 0 Å². The van der Waals surface area contributed by atoms with Gasteiger partial charge >= 0.3 is 6.18 Å². The molecule has 0 saturated heterocycles. The molecular weight excluding hydrogens is 323 g/mol. The Kier molecular flexibility index (Phi) is 4.37. The lowest BCUT2D eigenvalue weighted by molar-refractivity contribution is -0.137. The Hall–Kier alpha value is -1.92. The summed E-state index contributed by atoms with van der Waals surface area (Å²) in [4.78, 5) is 5.24. The van der Waals surface area contributed by atoms with Crippen LogP contribution in [-0.4, -0.2) is 10.1 Å². The predicted molar refractivity (Wildman–Crippen MR) is 84.8 cm³/mol. The normalized spacial score (nSPS) is 14.9. The molecule has 2 nitrogen and oxygen atoms in total. The Morgan fingerprint density at radius 1 is 1.13 bits per heavy atom. The zero-order chi connectivity index (χ0) is 16.4. The molecule has 1 aliphatic carbocycles. The number of aliphatic hydroxyl groups excluding tert-OH is 1. The van der Waals surface area contributed by atoms with Crippen molar-refractivity contribution in [3.8, 4) is 10.6 Å². The van der Waals surface area contributed by atoms with Crippen molar-refractivity contribution >= 4 is 16.9 Å². The Morgan fingerprint density at radius 2 is 1.87 bits per heavy atom. The zero-order valence-corrected chi connectivity index (χ0v) is 12.9. The minimum atomic E-state index is -4.35. The lowest BCUT2D eigenvalue weighted by Crippen LogP contribution is -2.03. The molecule has 0 radical (unpaired) electrons. The first-order chi connectivity index (χ1) is 11.0. The van der Waals surface area contributed by atoms with Gasteiger partial charge in [-0.15, -0.1) is 11.3 Å². The molecule has 3 rings (SSSR count). The van der Waals surface area contributed by atoms with Gasteiger partial charge in [-0.2, -0.15) is 13.2 Å². The number of halogens is 3. The number of aliphatic hydroxyl groups is 1. The number of rotatable bonds is 3. The average Bonchev–Trinajstić information content (AvgIpc) is 2.99. The van der Waals surface area contributed by atoms with Crippen molar-refractivity contribution in [3.05, 3.63) is 58.6 Å². The Labute approximate surface area is 135 Å². The largest absolute Gasteiger partial charge is 0.416 e. The number of aromatic nitrogens is 1. The van der Waals surface area contributed by atoms with Gasteiger partial charge in [0.15, 0.2) is 0 Å². The second-order valence-corrected chi connectivity index (χ2v) is 6.25. The summed E-state index contributed by atoms with van der Waals surface area (Å²) in [5.74, 6) is 0. The maximum absolute atomic E-state index is 12.6. The molecule has 1 heterocycles. The number of thiazole rings is 1. The van der Waals surface area contributed by atoms with E-state index in [1.54, 1.807) is 0 Å². The average molecular weight is 337 g/mol. The summed E-state index contributed by atoms with van der Waals surface area (Å²) in [7, 11) is 0. The highest BCUT2D eigenvalue weighted by molar-refractivity contribution is 7.15. The Morgan fingerprint density at radius 3 is 2.43 bits per heavy atom. The number of alkyl halides is 3. The van der Waals surface area contributed by atoms with Crippen molar-refractivity contribution in [1.82, 2.24) is 4.98 Å². The van der Waals surface area contributed by atoms with Crippen LogP contribution in [-0.2, 0) is 12.8 Å². The lowest BCUT2D eigenvalue weighted by Gasteiger charge is -2.06. The lowest BCUT2D eigenvalue weighted by atomic mass is 10.0. The van der Waals surface area contributed by atoms with Crippen LogP contribution < -0.4 is 0 Å². The van der Waals surface area contributed by atoms with E-state index in [0.29, 0.717) is 16.3 Å². The summed E-state index contributed by atoms with van der Waals surface area (Å²) in [6, 6.07) is 4.93. The second kappa shape index (κ2) is 6.29. The molecular formula is C17H14F3NOS. The van der Waals surface area contributed by atoms with Gasteiger partial charge in [-0.1, -0.05) is 30.4 Å². The molecule has 0 bridgehead atoms. The van der Waals surface area contributed by atoms with Gasteiger partial charge in [-0.25, -0.2) is 4.98 Å². The van der Waals surface area contributed by atoms with E-state index < -0.39 is 11.7 Å². The van der Waals surface area contributed by atoms with Gasteiger partial charge in [0.2, 0.25) is 0 Å². The third-order valence-corrected chi connectivity index (χ3v) is 4.66. The summed E-state index contributed by atoms with van der Waals surface area (Å²) in [6.45, 7) is -0.140. The molecule has 1 aliphatic rings. The van der Waals surface area contributed by atoms with E-state index >= 15 is 0 Å². The number of nitrogens with zero attached hydrogens (tertiary/aromatic N) is 1. The first-order valence-corrected chi connectivity index (χ1v) is 7.96. The monoisotopic (exact) mass is 337 g/mol. The first-order valence-electron chi connectivity index (χ1n) is 7.14. The summed E-state index contributed by atoms with van der Waals surface area (Å²) in [6.07, 6.45) is 3.63. The summed E-state index contributed by atoms with van der Waals surface area (Å²) in [5.41, 5.74) is 1.60. The topological polar surface area (TPSA) is 33.1 Å². The van der Waals surface area contributed by atoms with E-state index in [1.807, 2.05) is 12.2 Å². The van der Waals surface area contributed by atoms with Crippen LogP contribution in [0.1, 0.15) is 29.0 Å². The highest BCUT2D eigenvalue weighted by Gasteiger charge is 2.30. The third kappa shape index (κ3) is 3.38. The SMILES string of the molecule is OCc1sc(-c2ccc(C(F)(F)F)cc2)nc1C1=CCCC=C1. The molecule has 0 saturated carbocycles.